The van der Waals surface area contributed by atoms with Crippen LogP contribution in [0.4, 0.5) is 5.69 Å². The Balaban J connectivity index is 1.91. The SMILES string of the molecule is CC(C)c1ccc(NC(=S)N/N=C\c2ccccc2OCC(=O)O)cc1. The lowest BCUT2D eigenvalue weighted by Crippen LogP contribution is -2.23. The third-order valence-electron chi connectivity index (χ3n) is 3.48. The molecule has 0 saturated carbocycles. The van der Waals surface area contributed by atoms with Crippen LogP contribution in [0.3, 0.4) is 0 Å². The predicted molar refractivity (Wildman–Crippen MR) is 107 cm³/mol. The van der Waals surface area contributed by atoms with Gasteiger partial charge in [-0.2, -0.15) is 5.10 Å². The maximum Gasteiger partial charge on any atom is 0.341 e. The summed E-state index contributed by atoms with van der Waals surface area (Å²) in [6, 6.07) is 15.0. The van der Waals surface area contributed by atoms with E-state index in [0.717, 1.165) is 5.69 Å². The number of hydrazone groups is 1. The number of anilines is 1. The molecule has 0 fully saturated rings. The Morgan fingerprint density at radius 1 is 1.23 bits per heavy atom. The zero-order chi connectivity index (χ0) is 18.9. The molecule has 0 atom stereocenters. The number of carboxylic acids is 1. The Kier molecular flexibility index (Phi) is 7.11. The second-order valence-electron chi connectivity index (χ2n) is 5.82. The molecule has 0 unspecified atom stereocenters. The first-order chi connectivity index (χ1) is 12.5. The molecule has 0 heterocycles. The van der Waals surface area contributed by atoms with Crippen molar-refractivity contribution < 1.29 is 14.6 Å². The molecule has 2 rings (SSSR count). The fourth-order valence-electron chi connectivity index (χ4n) is 2.13. The third kappa shape index (κ3) is 6.18. The summed E-state index contributed by atoms with van der Waals surface area (Å²) in [4.78, 5) is 10.6. The number of thiocarbonyl (C=S) groups is 1. The normalized spacial score (nSPS) is 10.7. The number of carbonyl (C=O) groups is 1. The van der Waals surface area contributed by atoms with Crippen molar-refractivity contribution in [2.75, 3.05) is 11.9 Å². The first kappa shape index (κ1) is 19.4. The molecule has 0 saturated heterocycles. The van der Waals surface area contributed by atoms with Crippen molar-refractivity contribution in [1.82, 2.24) is 5.43 Å². The van der Waals surface area contributed by atoms with Crippen LogP contribution in [0.25, 0.3) is 0 Å². The number of carboxylic acid groups (broad SMARTS) is 1. The highest BCUT2D eigenvalue weighted by Gasteiger charge is 2.04. The molecule has 6 nitrogen and oxygen atoms in total. The van der Waals surface area contributed by atoms with Crippen molar-refractivity contribution >= 4 is 35.2 Å². The largest absolute Gasteiger partial charge is 0.481 e. The Morgan fingerprint density at radius 2 is 1.92 bits per heavy atom. The van der Waals surface area contributed by atoms with Gasteiger partial charge in [0.25, 0.3) is 0 Å². The van der Waals surface area contributed by atoms with Gasteiger partial charge in [-0.15, -0.1) is 0 Å². The molecule has 2 aromatic carbocycles. The van der Waals surface area contributed by atoms with E-state index in [4.69, 9.17) is 22.1 Å². The van der Waals surface area contributed by atoms with Crippen LogP contribution < -0.4 is 15.5 Å². The summed E-state index contributed by atoms with van der Waals surface area (Å²) in [5, 5.41) is 16.2. The lowest BCUT2D eigenvalue weighted by atomic mass is 10.0. The van der Waals surface area contributed by atoms with Gasteiger partial charge in [0.15, 0.2) is 11.7 Å². The van der Waals surface area contributed by atoms with Gasteiger partial charge in [0.05, 0.1) is 6.21 Å². The summed E-state index contributed by atoms with van der Waals surface area (Å²) in [7, 11) is 0. The smallest absolute Gasteiger partial charge is 0.341 e. The van der Waals surface area contributed by atoms with Gasteiger partial charge in [0, 0.05) is 11.3 Å². The number of para-hydroxylation sites is 1. The number of hydrogen-bond donors (Lipinski definition) is 3. The summed E-state index contributed by atoms with van der Waals surface area (Å²) >= 11 is 5.21. The maximum absolute atomic E-state index is 10.6. The van der Waals surface area contributed by atoms with Crippen molar-refractivity contribution in [2.24, 2.45) is 5.10 Å². The van der Waals surface area contributed by atoms with Crippen LogP contribution in [0.5, 0.6) is 5.75 Å². The van der Waals surface area contributed by atoms with E-state index in [9.17, 15) is 4.79 Å². The van der Waals surface area contributed by atoms with Crippen molar-refractivity contribution in [3.8, 4) is 5.75 Å². The van der Waals surface area contributed by atoms with Gasteiger partial charge in [-0.25, -0.2) is 4.79 Å². The van der Waals surface area contributed by atoms with Crippen molar-refractivity contribution in [2.45, 2.75) is 19.8 Å². The first-order valence-corrected chi connectivity index (χ1v) is 8.50. The van der Waals surface area contributed by atoms with Gasteiger partial charge >= 0.3 is 5.97 Å². The third-order valence-corrected chi connectivity index (χ3v) is 3.67. The topological polar surface area (TPSA) is 83.0 Å². The maximum atomic E-state index is 10.6. The molecule has 136 valence electrons. The van der Waals surface area contributed by atoms with Crippen LogP contribution in [0, 0.1) is 0 Å². The zero-order valence-corrected chi connectivity index (χ0v) is 15.4. The van der Waals surface area contributed by atoms with E-state index in [2.05, 4.69) is 41.8 Å². The fourth-order valence-corrected chi connectivity index (χ4v) is 2.30. The molecule has 0 aliphatic carbocycles. The number of benzene rings is 2. The highest BCUT2D eigenvalue weighted by atomic mass is 32.1. The van der Waals surface area contributed by atoms with Gasteiger partial charge in [0.2, 0.25) is 0 Å². The Bertz CT molecular complexity index is 789. The molecule has 0 aromatic heterocycles. The summed E-state index contributed by atoms with van der Waals surface area (Å²) in [6.45, 7) is 3.87. The number of rotatable bonds is 7. The monoisotopic (exact) mass is 371 g/mol. The average molecular weight is 371 g/mol. The van der Waals surface area contributed by atoms with E-state index in [1.807, 2.05) is 18.2 Å². The van der Waals surface area contributed by atoms with Gasteiger partial charge in [-0.3, -0.25) is 5.43 Å². The van der Waals surface area contributed by atoms with Crippen LogP contribution in [0.15, 0.2) is 53.6 Å². The molecule has 0 aliphatic rings. The Morgan fingerprint density at radius 3 is 2.58 bits per heavy atom. The highest BCUT2D eigenvalue weighted by Crippen LogP contribution is 2.17. The second-order valence-corrected chi connectivity index (χ2v) is 6.23. The molecule has 0 aliphatic heterocycles. The predicted octanol–water partition coefficient (Wildman–Crippen LogP) is 3.59. The van der Waals surface area contributed by atoms with E-state index in [1.54, 1.807) is 18.2 Å². The fraction of sp³-hybridized carbons (Fsp3) is 0.211. The molecule has 0 amide bonds. The minimum Gasteiger partial charge on any atom is -0.481 e. The van der Waals surface area contributed by atoms with E-state index in [-0.39, 0.29) is 0 Å². The van der Waals surface area contributed by atoms with Gasteiger partial charge < -0.3 is 15.2 Å². The molecule has 2 aromatic rings. The summed E-state index contributed by atoms with van der Waals surface area (Å²) in [5.41, 5.74) is 5.49. The lowest BCUT2D eigenvalue weighted by Gasteiger charge is -2.10. The number of ether oxygens (including phenoxy) is 1. The van der Waals surface area contributed by atoms with Gasteiger partial charge in [0.1, 0.15) is 5.75 Å². The van der Waals surface area contributed by atoms with Gasteiger partial charge in [-0.05, 0) is 48.0 Å². The standard InChI is InChI=1S/C19H21N3O3S/c1-13(2)14-7-9-16(10-8-14)21-19(26)22-20-11-15-5-3-4-6-17(15)25-12-18(23)24/h3-11,13H,12H2,1-2H3,(H,23,24)(H2,21,22,26)/b20-11-. The molecule has 3 N–H and O–H groups in total. The van der Waals surface area contributed by atoms with Crippen LogP contribution in [0.2, 0.25) is 0 Å². The van der Waals surface area contributed by atoms with E-state index in [1.165, 1.54) is 11.8 Å². The quantitative estimate of drug-likeness (QED) is 0.392. The lowest BCUT2D eigenvalue weighted by molar-refractivity contribution is -0.139. The number of nitrogens with zero attached hydrogens (tertiary/aromatic N) is 1. The Hall–Kier alpha value is -2.93. The van der Waals surface area contributed by atoms with Crippen molar-refractivity contribution in [3.63, 3.8) is 0 Å². The van der Waals surface area contributed by atoms with Crippen LogP contribution in [-0.4, -0.2) is 29.0 Å². The molecular weight excluding hydrogens is 350 g/mol. The van der Waals surface area contributed by atoms with Crippen LogP contribution >= 0.6 is 12.2 Å². The van der Waals surface area contributed by atoms with Crippen molar-refractivity contribution in [1.29, 1.82) is 0 Å². The molecule has 0 radical (unpaired) electrons. The van der Waals surface area contributed by atoms with E-state index in [0.29, 0.717) is 22.3 Å². The van der Waals surface area contributed by atoms with Gasteiger partial charge in [-0.1, -0.05) is 38.1 Å². The minimum atomic E-state index is -1.04. The number of aliphatic carboxylic acids is 1. The molecule has 0 spiro atoms. The molecular formula is C19H21N3O3S. The van der Waals surface area contributed by atoms with E-state index < -0.39 is 12.6 Å². The van der Waals surface area contributed by atoms with Crippen molar-refractivity contribution in [3.05, 3.63) is 59.7 Å². The first-order valence-electron chi connectivity index (χ1n) is 8.09. The highest BCUT2D eigenvalue weighted by molar-refractivity contribution is 7.80. The zero-order valence-electron chi connectivity index (χ0n) is 14.6. The molecule has 26 heavy (non-hydrogen) atoms. The number of hydrogen-bond acceptors (Lipinski definition) is 4. The summed E-state index contributed by atoms with van der Waals surface area (Å²) in [6.07, 6.45) is 1.52. The summed E-state index contributed by atoms with van der Waals surface area (Å²) in [5.74, 6) is -0.130. The number of nitrogens with one attached hydrogen (secondary N) is 2. The summed E-state index contributed by atoms with van der Waals surface area (Å²) < 4.78 is 5.22. The molecule has 7 heteroatoms. The molecule has 0 bridgehead atoms. The van der Waals surface area contributed by atoms with E-state index >= 15 is 0 Å². The second kappa shape index (κ2) is 9.53. The minimum absolute atomic E-state index is 0.350. The average Bonchev–Trinajstić information content (AvgIpc) is 2.61. The van der Waals surface area contributed by atoms with Crippen LogP contribution in [0.1, 0.15) is 30.9 Å². The Labute approximate surface area is 157 Å². The van der Waals surface area contributed by atoms with Crippen LogP contribution in [-0.2, 0) is 4.79 Å².